The molecular formula is C27H36F3N5O7S. The van der Waals surface area contributed by atoms with Crippen LogP contribution in [0.15, 0.2) is 36.8 Å². The molecular weight excluding hydrogens is 595 g/mol. The molecule has 1 aromatic carbocycles. The van der Waals surface area contributed by atoms with Crippen molar-refractivity contribution in [1.29, 1.82) is 0 Å². The maximum atomic E-state index is 13.0. The van der Waals surface area contributed by atoms with Crippen molar-refractivity contribution in [2.75, 3.05) is 38.8 Å². The molecule has 3 rings (SSSR count). The molecule has 1 saturated heterocycles. The first-order valence-corrected chi connectivity index (χ1v) is 14.7. The fourth-order valence-electron chi connectivity index (χ4n) is 4.49. The number of hydrogen-bond acceptors (Lipinski definition) is 8. The molecule has 0 spiro atoms. The van der Waals surface area contributed by atoms with Crippen molar-refractivity contribution in [2.24, 2.45) is 0 Å². The topological polar surface area (TPSA) is 165 Å². The van der Waals surface area contributed by atoms with Gasteiger partial charge in [-0.15, -0.1) is 0 Å². The lowest BCUT2D eigenvalue weighted by Crippen LogP contribution is -2.49. The quantitative estimate of drug-likeness (QED) is 0.243. The van der Waals surface area contributed by atoms with Crippen LogP contribution in [-0.2, 0) is 32.1 Å². The lowest BCUT2D eigenvalue weighted by molar-refractivity contribution is -0.192. The summed E-state index contributed by atoms with van der Waals surface area (Å²) < 4.78 is 37.2. The van der Waals surface area contributed by atoms with Gasteiger partial charge in [0.15, 0.2) is 0 Å². The van der Waals surface area contributed by atoms with E-state index < -0.39 is 24.2 Å². The van der Waals surface area contributed by atoms with Gasteiger partial charge in [0.25, 0.3) is 0 Å². The molecule has 16 heteroatoms. The van der Waals surface area contributed by atoms with Crippen LogP contribution in [0.2, 0.25) is 0 Å². The smallest absolute Gasteiger partial charge is 0.490 e. The number of ether oxygens (including phenoxy) is 1. The zero-order chi connectivity index (χ0) is 32.0. The highest BCUT2D eigenvalue weighted by molar-refractivity contribution is 7.98. The van der Waals surface area contributed by atoms with E-state index in [-0.39, 0.29) is 30.8 Å². The zero-order valence-electron chi connectivity index (χ0n) is 23.8. The minimum atomic E-state index is -5.08. The minimum absolute atomic E-state index is 0.0141. The first-order chi connectivity index (χ1) is 20.3. The van der Waals surface area contributed by atoms with Crippen LogP contribution < -0.4 is 10.1 Å². The number of amides is 2. The number of para-hydroxylation sites is 1. The van der Waals surface area contributed by atoms with E-state index >= 15 is 0 Å². The van der Waals surface area contributed by atoms with Gasteiger partial charge in [-0.25, -0.2) is 14.6 Å². The standard InChI is InChI=1S/C25H35N5O5S.C2HF3O2/c1-35-22-8-4-3-6-18(22)14-29(16-23(31)28-21(25(33)34)9-11-36-2)15-20-7-5-10-30(20)24(32)12-19-13-26-17-27-19;3-2(4,5)1(6)7/h3-4,6,8,13,17,20-21H,5,7,9-12,14-16H2,1-2H3,(H,26,27)(H,28,31)(H,33,34);(H,6,7)/t20-,21?;/m0./s1. The van der Waals surface area contributed by atoms with E-state index in [4.69, 9.17) is 14.6 Å². The van der Waals surface area contributed by atoms with Gasteiger partial charge >= 0.3 is 18.1 Å². The number of carboxylic acids is 2. The number of hydrogen-bond donors (Lipinski definition) is 4. The Hall–Kier alpha value is -3.79. The number of thioether (sulfide) groups is 1. The molecule has 1 fully saturated rings. The Morgan fingerprint density at radius 2 is 1.95 bits per heavy atom. The second-order valence-electron chi connectivity index (χ2n) is 9.66. The average molecular weight is 632 g/mol. The van der Waals surface area contributed by atoms with Crippen LogP contribution in [0.5, 0.6) is 5.75 Å². The van der Waals surface area contributed by atoms with Crippen molar-refractivity contribution in [3.8, 4) is 5.75 Å². The Bertz CT molecular complexity index is 1200. The summed E-state index contributed by atoms with van der Waals surface area (Å²) in [4.78, 5) is 57.3. The van der Waals surface area contributed by atoms with Crippen LogP contribution in [0.25, 0.3) is 0 Å². The molecule has 0 bridgehead atoms. The number of H-pyrrole nitrogens is 1. The SMILES string of the molecule is COc1ccccc1CN(CC(=O)NC(CCSC)C(=O)O)C[C@@H]1CCCN1C(=O)Cc1cnc[nH]1.O=C(O)C(F)(F)F. The molecule has 1 unspecified atom stereocenters. The normalized spacial score (nSPS) is 15.4. The van der Waals surface area contributed by atoms with Gasteiger partial charge in [-0.05, 0) is 37.3 Å². The first kappa shape index (κ1) is 35.4. The monoisotopic (exact) mass is 631 g/mol. The van der Waals surface area contributed by atoms with Crippen LogP contribution in [-0.4, -0.2) is 111 Å². The number of carbonyl (C=O) groups is 4. The Morgan fingerprint density at radius 1 is 1.26 bits per heavy atom. The van der Waals surface area contributed by atoms with Gasteiger partial charge in [-0.1, -0.05) is 18.2 Å². The number of rotatable bonds is 14. The number of benzene rings is 1. The molecule has 1 aliphatic heterocycles. The third kappa shape index (κ3) is 12.2. The van der Waals surface area contributed by atoms with Gasteiger partial charge in [0.2, 0.25) is 11.8 Å². The molecule has 4 N–H and O–H groups in total. The maximum absolute atomic E-state index is 13.0. The van der Waals surface area contributed by atoms with Gasteiger partial charge in [-0.2, -0.15) is 24.9 Å². The largest absolute Gasteiger partial charge is 0.496 e. The molecule has 43 heavy (non-hydrogen) atoms. The second kappa shape index (κ2) is 17.4. The Balaban J connectivity index is 0.000000821. The second-order valence-corrected chi connectivity index (χ2v) is 10.6. The Labute approximate surface area is 251 Å². The predicted octanol–water partition coefficient (Wildman–Crippen LogP) is 2.41. The van der Waals surface area contributed by atoms with Crippen LogP contribution in [0, 0.1) is 0 Å². The summed E-state index contributed by atoms with van der Waals surface area (Å²) in [6, 6.07) is 6.63. The summed E-state index contributed by atoms with van der Waals surface area (Å²) in [5.41, 5.74) is 1.68. The number of aliphatic carboxylic acids is 2. The molecule has 0 saturated carbocycles. The van der Waals surface area contributed by atoms with Gasteiger partial charge in [-0.3, -0.25) is 14.5 Å². The number of nitrogens with zero attached hydrogens (tertiary/aromatic N) is 3. The van der Waals surface area contributed by atoms with Crippen molar-refractivity contribution in [3.63, 3.8) is 0 Å². The number of carboxylic acid groups (broad SMARTS) is 2. The number of methoxy groups -OCH3 is 1. The summed E-state index contributed by atoms with van der Waals surface area (Å²) in [7, 11) is 1.60. The van der Waals surface area contributed by atoms with E-state index in [0.29, 0.717) is 37.6 Å². The van der Waals surface area contributed by atoms with Crippen molar-refractivity contribution in [3.05, 3.63) is 48.0 Å². The third-order valence-electron chi connectivity index (χ3n) is 6.50. The molecule has 238 valence electrons. The van der Waals surface area contributed by atoms with E-state index in [1.807, 2.05) is 40.3 Å². The fraction of sp³-hybridized carbons (Fsp3) is 0.519. The molecule has 2 atom stereocenters. The lowest BCUT2D eigenvalue weighted by atomic mass is 10.1. The molecule has 2 amide bonds. The van der Waals surface area contributed by atoms with E-state index in [2.05, 4.69) is 15.3 Å². The van der Waals surface area contributed by atoms with Crippen molar-refractivity contribution in [1.82, 2.24) is 25.1 Å². The van der Waals surface area contributed by atoms with Gasteiger partial charge in [0, 0.05) is 43.1 Å². The zero-order valence-corrected chi connectivity index (χ0v) is 24.6. The van der Waals surface area contributed by atoms with E-state index in [0.717, 1.165) is 24.1 Å². The van der Waals surface area contributed by atoms with Crippen molar-refractivity contribution < 1.29 is 47.3 Å². The van der Waals surface area contributed by atoms with Gasteiger partial charge in [0.1, 0.15) is 11.8 Å². The summed E-state index contributed by atoms with van der Waals surface area (Å²) in [5, 5.41) is 19.3. The van der Waals surface area contributed by atoms with Crippen molar-refractivity contribution >= 4 is 35.5 Å². The van der Waals surface area contributed by atoms with E-state index in [1.165, 1.54) is 11.8 Å². The van der Waals surface area contributed by atoms with Gasteiger partial charge in [0.05, 0.1) is 26.4 Å². The number of aromatic nitrogens is 2. The predicted molar refractivity (Wildman–Crippen MR) is 152 cm³/mol. The number of imidazole rings is 1. The Kier molecular flexibility index (Phi) is 14.3. The lowest BCUT2D eigenvalue weighted by Gasteiger charge is -2.31. The molecule has 2 aromatic rings. The molecule has 1 aliphatic rings. The van der Waals surface area contributed by atoms with Crippen LogP contribution >= 0.6 is 11.8 Å². The Morgan fingerprint density at radius 3 is 2.53 bits per heavy atom. The minimum Gasteiger partial charge on any atom is -0.496 e. The van der Waals surface area contributed by atoms with Crippen LogP contribution in [0.3, 0.4) is 0 Å². The molecule has 1 aromatic heterocycles. The highest BCUT2D eigenvalue weighted by atomic mass is 32.2. The number of carbonyl (C=O) groups excluding carboxylic acids is 2. The summed E-state index contributed by atoms with van der Waals surface area (Å²) in [6.45, 7) is 1.60. The average Bonchev–Trinajstić information content (AvgIpc) is 3.63. The van der Waals surface area contributed by atoms with E-state index in [9.17, 15) is 32.7 Å². The molecule has 12 nitrogen and oxygen atoms in total. The maximum Gasteiger partial charge on any atom is 0.490 e. The first-order valence-electron chi connectivity index (χ1n) is 13.3. The summed E-state index contributed by atoms with van der Waals surface area (Å²) in [5.74, 6) is -2.78. The fourth-order valence-corrected chi connectivity index (χ4v) is 4.96. The number of nitrogens with one attached hydrogen (secondary N) is 2. The number of halogens is 3. The van der Waals surface area contributed by atoms with Crippen molar-refractivity contribution in [2.45, 2.75) is 50.5 Å². The summed E-state index contributed by atoms with van der Waals surface area (Å²) >= 11 is 1.54. The van der Waals surface area contributed by atoms with Gasteiger partial charge < -0.3 is 30.2 Å². The van der Waals surface area contributed by atoms with E-state index in [1.54, 1.807) is 19.6 Å². The summed E-state index contributed by atoms with van der Waals surface area (Å²) in [6.07, 6.45) is 2.36. The number of aromatic amines is 1. The third-order valence-corrected chi connectivity index (χ3v) is 7.15. The molecule has 0 radical (unpaired) electrons. The number of likely N-dealkylation sites (tertiary alicyclic amines) is 1. The highest BCUT2D eigenvalue weighted by Gasteiger charge is 2.38. The molecule has 2 heterocycles. The van der Waals surface area contributed by atoms with Crippen LogP contribution in [0.4, 0.5) is 13.2 Å². The highest BCUT2D eigenvalue weighted by Crippen LogP contribution is 2.23. The molecule has 0 aliphatic carbocycles. The van der Waals surface area contributed by atoms with Crippen LogP contribution in [0.1, 0.15) is 30.5 Å². The number of alkyl halides is 3.